The second-order valence-electron chi connectivity index (χ2n) is 3.59. The SMILES string of the molecule is C=C(C)C(C)(C)/C(COCC)=N/O. The molecular formula is C10H19NO2. The lowest BCUT2D eigenvalue weighted by Crippen LogP contribution is -2.29. The number of hydrogen-bond acceptors (Lipinski definition) is 3. The van der Waals surface area contributed by atoms with E-state index in [2.05, 4.69) is 11.7 Å². The van der Waals surface area contributed by atoms with E-state index in [1.54, 1.807) is 0 Å². The van der Waals surface area contributed by atoms with E-state index in [1.807, 2.05) is 27.7 Å². The van der Waals surface area contributed by atoms with Crippen molar-refractivity contribution in [1.82, 2.24) is 0 Å². The van der Waals surface area contributed by atoms with E-state index in [0.717, 1.165) is 5.57 Å². The molecular weight excluding hydrogens is 166 g/mol. The number of allylic oxidation sites excluding steroid dienone is 1. The molecule has 0 fully saturated rings. The van der Waals surface area contributed by atoms with Gasteiger partial charge in [0.1, 0.15) is 0 Å². The summed E-state index contributed by atoms with van der Waals surface area (Å²) in [6.45, 7) is 12.6. The Labute approximate surface area is 80.1 Å². The molecule has 3 nitrogen and oxygen atoms in total. The smallest absolute Gasteiger partial charge is 0.0923 e. The Morgan fingerprint density at radius 2 is 2.08 bits per heavy atom. The molecule has 0 aliphatic heterocycles. The summed E-state index contributed by atoms with van der Waals surface area (Å²) in [5, 5.41) is 12.1. The Hall–Kier alpha value is -0.830. The second kappa shape index (κ2) is 5.02. The fourth-order valence-electron chi connectivity index (χ4n) is 0.779. The summed E-state index contributed by atoms with van der Waals surface area (Å²) < 4.78 is 5.19. The number of rotatable bonds is 5. The van der Waals surface area contributed by atoms with Crippen LogP contribution in [0.2, 0.25) is 0 Å². The Morgan fingerprint density at radius 3 is 2.38 bits per heavy atom. The van der Waals surface area contributed by atoms with Crippen molar-refractivity contribution < 1.29 is 9.94 Å². The van der Waals surface area contributed by atoms with E-state index >= 15 is 0 Å². The first kappa shape index (κ1) is 12.2. The van der Waals surface area contributed by atoms with Crippen molar-refractivity contribution in [2.75, 3.05) is 13.2 Å². The van der Waals surface area contributed by atoms with Gasteiger partial charge in [0.05, 0.1) is 12.3 Å². The lowest BCUT2D eigenvalue weighted by molar-refractivity contribution is 0.177. The highest BCUT2D eigenvalue weighted by molar-refractivity contribution is 5.92. The molecule has 0 saturated heterocycles. The number of hydrogen-bond donors (Lipinski definition) is 1. The molecule has 1 N–H and O–H groups in total. The minimum atomic E-state index is -0.302. The predicted molar refractivity (Wildman–Crippen MR) is 54.3 cm³/mol. The minimum Gasteiger partial charge on any atom is -0.411 e. The normalized spacial score (nSPS) is 13.1. The van der Waals surface area contributed by atoms with Gasteiger partial charge >= 0.3 is 0 Å². The van der Waals surface area contributed by atoms with Crippen molar-refractivity contribution in [3.8, 4) is 0 Å². The van der Waals surface area contributed by atoms with Crippen LogP contribution in [-0.2, 0) is 4.74 Å². The molecule has 0 aromatic heterocycles. The topological polar surface area (TPSA) is 41.8 Å². The van der Waals surface area contributed by atoms with Crippen molar-refractivity contribution >= 4 is 5.71 Å². The highest BCUT2D eigenvalue weighted by Gasteiger charge is 2.26. The van der Waals surface area contributed by atoms with Gasteiger partial charge in [-0.1, -0.05) is 31.2 Å². The molecule has 0 radical (unpaired) electrons. The molecule has 0 heterocycles. The molecule has 0 saturated carbocycles. The molecule has 0 amide bonds. The molecule has 0 unspecified atom stereocenters. The number of ether oxygens (including phenoxy) is 1. The Bertz CT molecular complexity index is 207. The zero-order chi connectivity index (χ0) is 10.5. The van der Waals surface area contributed by atoms with Crippen molar-refractivity contribution in [1.29, 1.82) is 0 Å². The monoisotopic (exact) mass is 185 g/mol. The van der Waals surface area contributed by atoms with Crippen LogP contribution < -0.4 is 0 Å². The maximum absolute atomic E-state index is 8.80. The quantitative estimate of drug-likeness (QED) is 0.309. The van der Waals surface area contributed by atoms with Gasteiger partial charge in [-0.2, -0.15) is 0 Å². The molecule has 0 atom stereocenters. The minimum absolute atomic E-state index is 0.302. The third kappa shape index (κ3) is 3.19. The zero-order valence-corrected chi connectivity index (χ0v) is 8.92. The maximum Gasteiger partial charge on any atom is 0.0923 e. The van der Waals surface area contributed by atoms with Crippen molar-refractivity contribution in [2.45, 2.75) is 27.7 Å². The third-order valence-electron chi connectivity index (χ3n) is 2.35. The molecule has 0 spiro atoms. The molecule has 0 aliphatic carbocycles. The Morgan fingerprint density at radius 1 is 1.54 bits per heavy atom. The van der Waals surface area contributed by atoms with Crippen LogP contribution in [0.4, 0.5) is 0 Å². The summed E-state index contributed by atoms with van der Waals surface area (Å²) in [6.07, 6.45) is 0. The largest absolute Gasteiger partial charge is 0.411 e. The molecule has 3 heteroatoms. The molecule has 0 bridgehead atoms. The summed E-state index contributed by atoms with van der Waals surface area (Å²) in [5.41, 5.74) is 1.27. The average molecular weight is 185 g/mol. The molecule has 0 rings (SSSR count). The summed E-state index contributed by atoms with van der Waals surface area (Å²) in [4.78, 5) is 0. The van der Waals surface area contributed by atoms with Crippen molar-refractivity contribution in [3.05, 3.63) is 12.2 Å². The lowest BCUT2D eigenvalue weighted by Gasteiger charge is -2.25. The van der Waals surface area contributed by atoms with Gasteiger partial charge in [-0.25, -0.2) is 0 Å². The predicted octanol–water partition coefficient (Wildman–Crippen LogP) is 2.46. The first-order chi connectivity index (χ1) is 5.96. The van der Waals surface area contributed by atoms with Crippen molar-refractivity contribution in [2.24, 2.45) is 10.6 Å². The first-order valence-electron chi connectivity index (χ1n) is 4.42. The van der Waals surface area contributed by atoms with Crippen molar-refractivity contribution in [3.63, 3.8) is 0 Å². The fraction of sp³-hybridized carbons (Fsp3) is 0.700. The summed E-state index contributed by atoms with van der Waals surface area (Å²) in [5.74, 6) is 0. The van der Waals surface area contributed by atoms with E-state index in [0.29, 0.717) is 18.9 Å². The van der Waals surface area contributed by atoms with Gasteiger partial charge < -0.3 is 9.94 Å². The van der Waals surface area contributed by atoms with E-state index in [-0.39, 0.29) is 5.41 Å². The summed E-state index contributed by atoms with van der Waals surface area (Å²) in [6, 6.07) is 0. The van der Waals surface area contributed by atoms with E-state index in [4.69, 9.17) is 9.94 Å². The Balaban J connectivity index is 4.49. The zero-order valence-electron chi connectivity index (χ0n) is 8.92. The van der Waals surface area contributed by atoms with E-state index in [1.165, 1.54) is 0 Å². The van der Waals surface area contributed by atoms with E-state index < -0.39 is 0 Å². The van der Waals surface area contributed by atoms with Crippen LogP contribution in [0.1, 0.15) is 27.7 Å². The lowest BCUT2D eigenvalue weighted by atomic mass is 9.81. The van der Waals surface area contributed by atoms with Crippen LogP contribution in [-0.4, -0.2) is 24.1 Å². The van der Waals surface area contributed by atoms with Crippen LogP contribution >= 0.6 is 0 Å². The van der Waals surface area contributed by atoms with Crippen LogP contribution in [0.3, 0.4) is 0 Å². The van der Waals surface area contributed by atoms with Gasteiger partial charge in [0.25, 0.3) is 0 Å². The van der Waals surface area contributed by atoms with Crippen LogP contribution in [0.15, 0.2) is 17.3 Å². The van der Waals surface area contributed by atoms with Crippen LogP contribution in [0, 0.1) is 5.41 Å². The van der Waals surface area contributed by atoms with Gasteiger partial charge in [-0.05, 0) is 13.8 Å². The van der Waals surface area contributed by atoms with Gasteiger partial charge in [0.15, 0.2) is 0 Å². The highest BCUT2D eigenvalue weighted by Crippen LogP contribution is 2.26. The second-order valence-corrected chi connectivity index (χ2v) is 3.59. The van der Waals surface area contributed by atoms with Gasteiger partial charge in [0.2, 0.25) is 0 Å². The highest BCUT2D eigenvalue weighted by atomic mass is 16.5. The van der Waals surface area contributed by atoms with Crippen LogP contribution in [0.5, 0.6) is 0 Å². The average Bonchev–Trinajstić information content (AvgIpc) is 2.05. The van der Waals surface area contributed by atoms with Gasteiger partial charge in [0, 0.05) is 12.0 Å². The maximum atomic E-state index is 8.80. The first-order valence-corrected chi connectivity index (χ1v) is 4.42. The fourth-order valence-corrected chi connectivity index (χ4v) is 0.779. The molecule has 76 valence electrons. The number of nitrogens with zero attached hydrogens (tertiary/aromatic N) is 1. The van der Waals surface area contributed by atoms with Gasteiger partial charge in [-0.15, -0.1) is 0 Å². The summed E-state index contributed by atoms with van der Waals surface area (Å²) >= 11 is 0. The molecule has 0 aromatic carbocycles. The molecule has 0 aromatic rings. The van der Waals surface area contributed by atoms with E-state index in [9.17, 15) is 0 Å². The number of oxime groups is 1. The summed E-state index contributed by atoms with van der Waals surface area (Å²) in [7, 11) is 0. The Kier molecular flexibility index (Phi) is 4.70. The van der Waals surface area contributed by atoms with Gasteiger partial charge in [-0.3, -0.25) is 0 Å². The third-order valence-corrected chi connectivity index (χ3v) is 2.35. The van der Waals surface area contributed by atoms with Crippen LogP contribution in [0.25, 0.3) is 0 Å². The molecule has 0 aliphatic rings. The standard InChI is InChI=1S/C10H19NO2/c1-6-13-7-9(11-12)10(4,5)8(2)3/h12H,2,6-7H2,1,3-5H3/b11-9+. The molecule has 13 heavy (non-hydrogen) atoms.